The van der Waals surface area contributed by atoms with Gasteiger partial charge in [0.15, 0.2) is 5.96 Å². The molecule has 1 fully saturated rings. The summed E-state index contributed by atoms with van der Waals surface area (Å²) in [5, 5.41) is 3.43. The number of rotatable bonds is 8. The van der Waals surface area contributed by atoms with Crippen LogP contribution in [0.3, 0.4) is 0 Å². The summed E-state index contributed by atoms with van der Waals surface area (Å²) in [5.41, 5.74) is 0.993. The molecule has 0 radical (unpaired) electrons. The zero-order valence-corrected chi connectivity index (χ0v) is 17.2. The monoisotopic (exact) mass is 398 g/mol. The van der Waals surface area contributed by atoms with Crippen LogP contribution in [0.2, 0.25) is 0 Å². The molecule has 1 aliphatic heterocycles. The number of piperidine rings is 1. The van der Waals surface area contributed by atoms with E-state index in [0.717, 1.165) is 43.2 Å². The summed E-state index contributed by atoms with van der Waals surface area (Å²) in [7, 11) is 3.47. The van der Waals surface area contributed by atoms with Gasteiger partial charge in [-0.05, 0) is 18.2 Å². The Morgan fingerprint density at radius 1 is 1.14 bits per heavy atom. The summed E-state index contributed by atoms with van der Waals surface area (Å²) in [6, 6.07) is 13.9. The number of para-hydroxylation sites is 1. The second-order valence-electron chi connectivity index (χ2n) is 6.83. The highest BCUT2D eigenvalue weighted by Gasteiger charge is 2.22. The molecule has 0 bridgehead atoms. The Morgan fingerprint density at radius 3 is 2.66 bits per heavy atom. The van der Waals surface area contributed by atoms with Crippen LogP contribution < -0.4 is 14.8 Å². The molecule has 1 saturated heterocycles. The van der Waals surface area contributed by atoms with Gasteiger partial charge in [-0.15, -0.1) is 0 Å². The van der Waals surface area contributed by atoms with E-state index in [1.165, 1.54) is 0 Å². The van der Waals surface area contributed by atoms with Crippen molar-refractivity contribution < 1.29 is 14.2 Å². The van der Waals surface area contributed by atoms with Gasteiger partial charge in [0.25, 0.3) is 0 Å². The lowest BCUT2D eigenvalue weighted by Gasteiger charge is -2.34. The van der Waals surface area contributed by atoms with Crippen molar-refractivity contribution in [3.8, 4) is 11.6 Å². The standard InChI is InChI=1S/C22H30N4O3/c1-23-22(25-17-18-7-6-12-24-21(18)28-16-15-27-2)26-13-10-20(11-14-26)29-19-8-4-3-5-9-19/h3-9,12,20H,10-11,13-17H2,1-2H3,(H,23,25). The fraction of sp³-hybridized carbons (Fsp3) is 0.455. The number of aromatic nitrogens is 1. The second-order valence-corrected chi connectivity index (χ2v) is 6.83. The lowest BCUT2D eigenvalue weighted by molar-refractivity contribution is 0.129. The van der Waals surface area contributed by atoms with Gasteiger partial charge in [-0.3, -0.25) is 4.99 Å². The Hall–Kier alpha value is -2.80. The fourth-order valence-corrected chi connectivity index (χ4v) is 3.29. The first-order valence-electron chi connectivity index (χ1n) is 10.0. The number of nitrogens with one attached hydrogen (secondary N) is 1. The van der Waals surface area contributed by atoms with Crippen molar-refractivity contribution in [3.63, 3.8) is 0 Å². The quantitative estimate of drug-likeness (QED) is 0.419. The first-order valence-corrected chi connectivity index (χ1v) is 10.0. The molecule has 0 saturated carbocycles. The summed E-state index contributed by atoms with van der Waals surface area (Å²) in [4.78, 5) is 11.0. The van der Waals surface area contributed by atoms with Crippen LogP contribution in [0.4, 0.5) is 0 Å². The van der Waals surface area contributed by atoms with Gasteiger partial charge in [-0.2, -0.15) is 0 Å². The Kier molecular flexibility index (Phi) is 8.12. The molecule has 1 aliphatic rings. The van der Waals surface area contributed by atoms with Gasteiger partial charge in [-0.25, -0.2) is 4.98 Å². The maximum atomic E-state index is 6.09. The molecule has 0 aliphatic carbocycles. The minimum absolute atomic E-state index is 0.242. The smallest absolute Gasteiger partial charge is 0.218 e. The molecule has 0 unspecified atom stereocenters. The van der Waals surface area contributed by atoms with Gasteiger partial charge < -0.3 is 24.4 Å². The average Bonchev–Trinajstić information content (AvgIpc) is 2.77. The number of pyridine rings is 1. The molecular formula is C22H30N4O3. The number of guanidine groups is 1. The molecule has 0 atom stereocenters. The van der Waals surface area contributed by atoms with E-state index >= 15 is 0 Å². The third-order valence-corrected chi connectivity index (χ3v) is 4.81. The zero-order valence-electron chi connectivity index (χ0n) is 17.2. The Bertz CT molecular complexity index is 762. The predicted molar refractivity (Wildman–Crippen MR) is 113 cm³/mol. The maximum Gasteiger partial charge on any atom is 0.218 e. The lowest BCUT2D eigenvalue weighted by atomic mass is 10.1. The summed E-state index contributed by atoms with van der Waals surface area (Å²) in [6.07, 6.45) is 3.91. The number of likely N-dealkylation sites (tertiary alicyclic amines) is 1. The fourth-order valence-electron chi connectivity index (χ4n) is 3.29. The van der Waals surface area contributed by atoms with Crippen molar-refractivity contribution in [1.29, 1.82) is 0 Å². The van der Waals surface area contributed by atoms with Crippen molar-refractivity contribution in [2.75, 3.05) is 40.5 Å². The molecule has 7 nitrogen and oxygen atoms in total. The number of benzene rings is 1. The summed E-state index contributed by atoms with van der Waals surface area (Å²) >= 11 is 0. The first-order chi connectivity index (χ1) is 14.3. The SMILES string of the molecule is CN=C(NCc1cccnc1OCCOC)N1CCC(Oc2ccccc2)CC1. The van der Waals surface area contributed by atoms with Crippen LogP contribution in [0.15, 0.2) is 53.7 Å². The van der Waals surface area contributed by atoms with Crippen molar-refractivity contribution in [3.05, 3.63) is 54.2 Å². The molecule has 29 heavy (non-hydrogen) atoms. The minimum Gasteiger partial charge on any atom is -0.490 e. The number of aliphatic imine (C=N–C) groups is 1. The molecule has 3 rings (SSSR count). The van der Waals surface area contributed by atoms with Gasteiger partial charge in [0.2, 0.25) is 5.88 Å². The molecule has 2 aromatic rings. The Labute approximate surface area is 172 Å². The van der Waals surface area contributed by atoms with Crippen LogP contribution in [0, 0.1) is 0 Å². The molecule has 0 amide bonds. The van der Waals surface area contributed by atoms with Crippen molar-refractivity contribution in [2.24, 2.45) is 4.99 Å². The summed E-state index contributed by atoms with van der Waals surface area (Å²) in [5.74, 6) is 2.45. The number of hydrogen-bond donors (Lipinski definition) is 1. The van der Waals surface area contributed by atoms with E-state index in [1.807, 2.05) is 49.5 Å². The van der Waals surface area contributed by atoms with E-state index < -0.39 is 0 Å². The van der Waals surface area contributed by atoms with E-state index in [4.69, 9.17) is 14.2 Å². The molecule has 1 aromatic heterocycles. The third-order valence-electron chi connectivity index (χ3n) is 4.81. The lowest BCUT2D eigenvalue weighted by Crippen LogP contribution is -2.47. The van der Waals surface area contributed by atoms with Crippen LogP contribution in [0.5, 0.6) is 11.6 Å². The highest BCUT2D eigenvalue weighted by atomic mass is 16.5. The third kappa shape index (κ3) is 6.35. The molecular weight excluding hydrogens is 368 g/mol. The van der Waals surface area contributed by atoms with E-state index in [0.29, 0.717) is 25.6 Å². The second kappa shape index (κ2) is 11.3. The maximum absolute atomic E-state index is 6.09. The van der Waals surface area contributed by atoms with Gasteiger partial charge in [0.1, 0.15) is 18.5 Å². The zero-order chi connectivity index (χ0) is 20.3. The van der Waals surface area contributed by atoms with Crippen LogP contribution >= 0.6 is 0 Å². The van der Waals surface area contributed by atoms with Crippen LogP contribution in [-0.4, -0.2) is 62.4 Å². The molecule has 1 N–H and O–H groups in total. The van der Waals surface area contributed by atoms with Gasteiger partial charge in [-0.1, -0.05) is 24.3 Å². The van der Waals surface area contributed by atoms with Gasteiger partial charge in [0.05, 0.1) is 6.61 Å². The Balaban J connectivity index is 1.49. The number of methoxy groups -OCH3 is 1. The number of nitrogens with zero attached hydrogens (tertiary/aromatic N) is 3. The molecule has 2 heterocycles. The average molecular weight is 399 g/mol. The first kappa shape index (κ1) is 20.9. The van der Waals surface area contributed by atoms with Crippen LogP contribution in [0.1, 0.15) is 18.4 Å². The largest absolute Gasteiger partial charge is 0.490 e. The topological polar surface area (TPSA) is 68.2 Å². The Morgan fingerprint density at radius 2 is 1.93 bits per heavy atom. The summed E-state index contributed by atoms with van der Waals surface area (Å²) < 4.78 is 16.8. The molecule has 0 spiro atoms. The van der Waals surface area contributed by atoms with Gasteiger partial charge in [0, 0.05) is 58.4 Å². The van der Waals surface area contributed by atoms with Crippen LogP contribution in [-0.2, 0) is 11.3 Å². The van der Waals surface area contributed by atoms with E-state index in [9.17, 15) is 0 Å². The normalized spacial score (nSPS) is 15.2. The number of ether oxygens (including phenoxy) is 3. The molecule has 156 valence electrons. The van der Waals surface area contributed by atoms with E-state index in [2.05, 4.69) is 20.2 Å². The molecule has 7 heteroatoms. The highest BCUT2D eigenvalue weighted by Crippen LogP contribution is 2.19. The highest BCUT2D eigenvalue weighted by molar-refractivity contribution is 5.80. The van der Waals surface area contributed by atoms with E-state index in [1.54, 1.807) is 13.3 Å². The van der Waals surface area contributed by atoms with E-state index in [-0.39, 0.29) is 6.10 Å². The summed E-state index contributed by atoms with van der Waals surface area (Å²) in [6.45, 7) is 3.42. The van der Waals surface area contributed by atoms with Crippen molar-refractivity contribution >= 4 is 5.96 Å². The number of hydrogen-bond acceptors (Lipinski definition) is 5. The van der Waals surface area contributed by atoms with Gasteiger partial charge >= 0.3 is 0 Å². The van der Waals surface area contributed by atoms with Crippen molar-refractivity contribution in [1.82, 2.24) is 15.2 Å². The minimum atomic E-state index is 0.242. The predicted octanol–water partition coefficient (Wildman–Crippen LogP) is 2.73. The molecule has 1 aromatic carbocycles. The van der Waals surface area contributed by atoms with Crippen LogP contribution in [0.25, 0.3) is 0 Å². The van der Waals surface area contributed by atoms with Crippen molar-refractivity contribution in [2.45, 2.75) is 25.5 Å².